The van der Waals surface area contributed by atoms with Gasteiger partial charge < -0.3 is 5.11 Å². The van der Waals surface area contributed by atoms with Crippen molar-refractivity contribution in [1.29, 1.82) is 0 Å². The lowest BCUT2D eigenvalue weighted by Gasteiger charge is -2.02. The van der Waals surface area contributed by atoms with E-state index in [9.17, 15) is 0 Å². The fourth-order valence-corrected chi connectivity index (χ4v) is 0.922. The number of aliphatic hydroxyl groups excluding tert-OH is 1. The Morgan fingerprint density at radius 1 is 1.64 bits per heavy atom. The molecule has 0 bridgehead atoms. The Morgan fingerprint density at radius 2 is 2.45 bits per heavy atom. The summed E-state index contributed by atoms with van der Waals surface area (Å²) in [5.74, 6) is 0. The molecule has 0 radical (unpaired) electrons. The van der Waals surface area contributed by atoms with Crippen LogP contribution in [0.2, 0.25) is 0 Å². The number of aromatic nitrogens is 1. The summed E-state index contributed by atoms with van der Waals surface area (Å²) in [4.78, 5) is 3.98. The van der Waals surface area contributed by atoms with Gasteiger partial charge in [-0.1, -0.05) is 6.07 Å². The normalized spacial score (nSPS) is 12.9. The van der Waals surface area contributed by atoms with E-state index in [1.54, 1.807) is 13.1 Å². The van der Waals surface area contributed by atoms with Crippen LogP contribution in [0.3, 0.4) is 0 Å². The van der Waals surface area contributed by atoms with Crippen LogP contribution >= 0.6 is 0 Å². The van der Waals surface area contributed by atoms with Gasteiger partial charge in [0.25, 0.3) is 0 Å². The van der Waals surface area contributed by atoms with Crippen LogP contribution < -0.4 is 0 Å². The molecule has 1 atom stereocenters. The third kappa shape index (κ3) is 3.14. The summed E-state index contributed by atoms with van der Waals surface area (Å²) in [5, 5.41) is 8.99. The standard InChI is InChI=1S/C9H13NO/c1-8(11)4-5-9-3-2-6-10-7-9/h2-3,6-8,11H,4-5H2,1H3/t8-/m0/s1. The number of hydrogen-bond donors (Lipinski definition) is 1. The summed E-state index contributed by atoms with van der Waals surface area (Å²) >= 11 is 0. The smallest absolute Gasteiger partial charge is 0.0515 e. The van der Waals surface area contributed by atoms with E-state index in [1.165, 1.54) is 5.56 Å². The van der Waals surface area contributed by atoms with Gasteiger partial charge in [0.05, 0.1) is 6.10 Å². The van der Waals surface area contributed by atoms with Crippen molar-refractivity contribution >= 4 is 0 Å². The maximum atomic E-state index is 8.99. The van der Waals surface area contributed by atoms with Gasteiger partial charge in [0.15, 0.2) is 0 Å². The molecule has 1 rings (SSSR count). The topological polar surface area (TPSA) is 33.1 Å². The molecule has 2 heteroatoms. The van der Waals surface area contributed by atoms with Crippen molar-refractivity contribution in [2.75, 3.05) is 0 Å². The summed E-state index contributed by atoms with van der Waals surface area (Å²) < 4.78 is 0. The van der Waals surface area contributed by atoms with Crippen LogP contribution in [-0.2, 0) is 6.42 Å². The van der Waals surface area contributed by atoms with E-state index < -0.39 is 0 Å². The van der Waals surface area contributed by atoms with E-state index in [4.69, 9.17) is 5.11 Å². The predicted octanol–water partition coefficient (Wildman–Crippen LogP) is 1.40. The lowest BCUT2D eigenvalue weighted by molar-refractivity contribution is 0.185. The molecular formula is C9H13NO. The average Bonchev–Trinajstić information content (AvgIpc) is 2.03. The highest BCUT2D eigenvalue weighted by molar-refractivity contribution is 5.08. The summed E-state index contributed by atoms with van der Waals surface area (Å²) in [7, 11) is 0. The summed E-state index contributed by atoms with van der Waals surface area (Å²) in [6.07, 6.45) is 5.10. The number of pyridine rings is 1. The van der Waals surface area contributed by atoms with Crippen LogP contribution in [0.5, 0.6) is 0 Å². The number of hydrogen-bond acceptors (Lipinski definition) is 2. The Labute approximate surface area is 66.9 Å². The van der Waals surface area contributed by atoms with Gasteiger partial charge in [0, 0.05) is 12.4 Å². The molecule has 0 saturated carbocycles. The predicted molar refractivity (Wildman–Crippen MR) is 44.2 cm³/mol. The van der Waals surface area contributed by atoms with Crippen molar-refractivity contribution in [2.45, 2.75) is 25.9 Å². The van der Waals surface area contributed by atoms with Crippen molar-refractivity contribution in [3.05, 3.63) is 30.1 Å². The number of aliphatic hydroxyl groups is 1. The Morgan fingerprint density at radius 3 is 3.00 bits per heavy atom. The molecule has 0 aliphatic rings. The molecule has 2 nitrogen and oxygen atoms in total. The van der Waals surface area contributed by atoms with Crippen LogP contribution in [0.1, 0.15) is 18.9 Å². The van der Waals surface area contributed by atoms with Gasteiger partial charge in [-0.25, -0.2) is 0 Å². The first kappa shape index (κ1) is 8.21. The molecule has 0 fully saturated rings. The summed E-state index contributed by atoms with van der Waals surface area (Å²) in [5.41, 5.74) is 1.19. The first-order chi connectivity index (χ1) is 5.29. The molecule has 60 valence electrons. The monoisotopic (exact) mass is 151 g/mol. The van der Waals surface area contributed by atoms with Gasteiger partial charge in [0.1, 0.15) is 0 Å². The number of nitrogens with zero attached hydrogens (tertiary/aromatic N) is 1. The number of aryl methyl sites for hydroxylation is 1. The molecule has 1 heterocycles. The van der Waals surface area contributed by atoms with Crippen molar-refractivity contribution in [3.63, 3.8) is 0 Å². The van der Waals surface area contributed by atoms with Crippen molar-refractivity contribution in [1.82, 2.24) is 4.98 Å². The van der Waals surface area contributed by atoms with Crippen molar-refractivity contribution in [2.24, 2.45) is 0 Å². The molecule has 0 amide bonds. The zero-order chi connectivity index (χ0) is 8.10. The second-order valence-electron chi connectivity index (χ2n) is 2.75. The van der Waals surface area contributed by atoms with Crippen LogP contribution in [0, 0.1) is 0 Å². The van der Waals surface area contributed by atoms with Gasteiger partial charge >= 0.3 is 0 Å². The Kier molecular flexibility index (Phi) is 3.05. The molecule has 0 spiro atoms. The summed E-state index contributed by atoms with van der Waals surface area (Å²) in [6.45, 7) is 1.80. The first-order valence-corrected chi connectivity index (χ1v) is 3.86. The van der Waals surface area contributed by atoms with E-state index in [-0.39, 0.29) is 6.10 Å². The quantitative estimate of drug-likeness (QED) is 0.708. The minimum absolute atomic E-state index is 0.213. The highest BCUT2D eigenvalue weighted by atomic mass is 16.3. The van der Waals surface area contributed by atoms with Gasteiger partial charge in [-0.2, -0.15) is 0 Å². The second kappa shape index (κ2) is 4.09. The van der Waals surface area contributed by atoms with E-state index in [0.29, 0.717) is 0 Å². The Bertz CT molecular complexity index is 196. The van der Waals surface area contributed by atoms with Crippen LogP contribution in [0.25, 0.3) is 0 Å². The molecular weight excluding hydrogens is 138 g/mol. The summed E-state index contributed by atoms with van der Waals surface area (Å²) in [6, 6.07) is 3.94. The second-order valence-corrected chi connectivity index (χ2v) is 2.75. The largest absolute Gasteiger partial charge is 0.393 e. The van der Waals surface area contributed by atoms with Crippen molar-refractivity contribution < 1.29 is 5.11 Å². The molecule has 1 aromatic heterocycles. The molecule has 0 unspecified atom stereocenters. The van der Waals surface area contributed by atoms with Gasteiger partial charge in [-0.15, -0.1) is 0 Å². The minimum Gasteiger partial charge on any atom is -0.393 e. The molecule has 0 aromatic carbocycles. The molecule has 1 N–H and O–H groups in total. The van der Waals surface area contributed by atoms with E-state index in [0.717, 1.165) is 12.8 Å². The van der Waals surface area contributed by atoms with Gasteiger partial charge in [-0.3, -0.25) is 4.98 Å². The van der Waals surface area contributed by atoms with E-state index in [2.05, 4.69) is 4.98 Å². The van der Waals surface area contributed by atoms with Crippen LogP contribution in [0.15, 0.2) is 24.5 Å². The Hall–Kier alpha value is -0.890. The molecule has 0 aliphatic heterocycles. The van der Waals surface area contributed by atoms with Gasteiger partial charge in [-0.05, 0) is 31.4 Å². The lowest BCUT2D eigenvalue weighted by Crippen LogP contribution is -2.01. The molecule has 1 aromatic rings. The molecule has 0 aliphatic carbocycles. The average molecular weight is 151 g/mol. The molecule has 0 saturated heterocycles. The van der Waals surface area contributed by atoms with E-state index in [1.807, 2.05) is 18.3 Å². The highest BCUT2D eigenvalue weighted by Gasteiger charge is 1.96. The zero-order valence-electron chi connectivity index (χ0n) is 6.70. The van der Waals surface area contributed by atoms with E-state index >= 15 is 0 Å². The van der Waals surface area contributed by atoms with Crippen LogP contribution in [-0.4, -0.2) is 16.2 Å². The van der Waals surface area contributed by atoms with Gasteiger partial charge in [0.2, 0.25) is 0 Å². The molecule has 11 heavy (non-hydrogen) atoms. The Balaban J connectivity index is 2.39. The fourth-order valence-electron chi connectivity index (χ4n) is 0.922. The SMILES string of the molecule is C[C@H](O)CCc1cccnc1. The maximum Gasteiger partial charge on any atom is 0.0515 e. The number of rotatable bonds is 3. The third-order valence-corrected chi connectivity index (χ3v) is 1.57. The van der Waals surface area contributed by atoms with Crippen molar-refractivity contribution in [3.8, 4) is 0 Å². The lowest BCUT2D eigenvalue weighted by atomic mass is 10.1. The minimum atomic E-state index is -0.213. The zero-order valence-corrected chi connectivity index (χ0v) is 6.70. The third-order valence-electron chi connectivity index (χ3n) is 1.57. The first-order valence-electron chi connectivity index (χ1n) is 3.86. The fraction of sp³-hybridized carbons (Fsp3) is 0.444. The highest BCUT2D eigenvalue weighted by Crippen LogP contribution is 2.02. The maximum absolute atomic E-state index is 8.99. The van der Waals surface area contributed by atoms with Crippen LogP contribution in [0.4, 0.5) is 0 Å².